The molecule has 1 aliphatic heterocycles. The van der Waals surface area contributed by atoms with Gasteiger partial charge in [-0.05, 0) is 29.8 Å². The number of para-hydroxylation sites is 2. The highest BCUT2D eigenvalue weighted by Crippen LogP contribution is 2.35. The Kier molecular flexibility index (Phi) is 4.19. The SMILES string of the molecule is COC(=O)[C@H]1CN(Cc2cc(=O)oc3cc(O)ccc23)c2ccccc2O1. The van der Waals surface area contributed by atoms with Crippen LogP contribution < -0.4 is 15.3 Å². The molecule has 27 heavy (non-hydrogen) atoms. The third kappa shape index (κ3) is 3.19. The van der Waals surface area contributed by atoms with E-state index in [1.54, 1.807) is 12.1 Å². The topological polar surface area (TPSA) is 89.2 Å². The summed E-state index contributed by atoms with van der Waals surface area (Å²) >= 11 is 0. The number of aromatic hydroxyl groups is 1. The average molecular weight is 367 g/mol. The van der Waals surface area contributed by atoms with Crippen molar-refractivity contribution in [1.82, 2.24) is 0 Å². The van der Waals surface area contributed by atoms with Gasteiger partial charge in [0.15, 0.2) is 0 Å². The zero-order valence-electron chi connectivity index (χ0n) is 14.5. The highest BCUT2D eigenvalue weighted by Gasteiger charge is 2.31. The van der Waals surface area contributed by atoms with Crippen molar-refractivity contribution in [3.05, 3.63) is 64.5 Å². The number of carbonyl (C=O) groups excluding carboxylic acids is 1. The van der Waals surface area contributed by atoms with Gasteiger partial charge >= 0.3 is 11.6 Å². The summed E-state index contributed by atoms with van der Waals surface area (Å²) < 4.78 is 15.8. The van der Waals surface area contributed by atoms with Gasteiger partial charge in [0.1, 0.15) is 17.1 Å². The predicted octanol–water partition coefficient (Wildman–Crippen LogP) is 2.44. The molecule has 7 nitrogen and oxygen atoms in total. The molecule has 1 N–H and O–H groups in total. The summed E-state index contributed by atoms with van der Waals surface area (Å²) in [6.45, 7) is 0.643. The van der Waals surface area contributed by atoms with Gasteiger partial charge in [0.05, 0.1) is 19.3 Å². The van der Waals surface area contributed by atoms with E-state index in [9.17, 15) is 14.7 Å². The highest BCUT2D eigenvalue weighted by molar-refractivity contribution is 5.82. The molecule has 1 aliphatic rings. The van der Waals surface area contributed by atoms with E-state index in [4.69, 9.17) is 13.9 Å². The zero-order valence-corrected chi connectivity index (χ0v) is 14.5. The molecule has 4 rings (SSSR count). The third-order valence-electron chi connectivity index (χ3n) is 4.50. The number of esters is 1. The van der Waals surface area contributed by atoms with Gasteiger partial charge in [0, 0.05) is 24.1 Å². The number of anilines is 1. The number of rotatable bonds is 3. The van der Waals surface area contributed by atoms with E-state index in [-0.39, 0.29) is 12.3 Å². The van der Waals surface area contributed by atoms with Gasteiger partial charge < -0.3 is 23.9 Å². The molecule has 0 saturated carbocycles. The summed E-state index contributed by atoms with van der Waals surface area (Å²) in [5.41, 5.74) is 1.34. The van der Waals surface area contributed by atoms with E-state index in [0.717, 1.165) is 11.3 Å². The average Bonchev–Trinajstić information content (AvgIpc) is 2.66. The van der Waals surface area contributed by atoms with Gasteiger partial charge in [0.2, 0.25) is 6.10 Å². The van der Waals surface area contributed by atoms with Crippen LogP contribution in [0.15, 0.2) is 57.7 Å². The lowest BCUT2D eigenvalue weighted by molar-refractivity contribution is -0.148. The lowest BCUT2D eigenvalue weighted by Crippen LogP contribution is -2.44. The van der Waals surface area contributed by atoms with E-state index in [2.05, 4.69) is 0 Å². The Morgan fingerprint density at radius 2 is 2.07 bits per heavy atom. The predicted molar refractivity (Wildman–Crippen MR) is 98.1 cm³/mol. The molecule has 7 heteroatoms. The zero-order chi connectivity index (χ0) is 19.0. The number of hydrogen-bond acceptors (Lipinski definition) is 7. The number of phenolic OH excluding ortho intramolecular Hbond substituents is 1. The number of benzene rings is 2. The van der Waals surface area contributed by atoms with Gasteiger partial charge in [-0.25, -0.2) is 9.59 Å². The van der Waals surface area contributed by atoms with Crippen LogP contribution in [-0.2, 0) is 16.1 Å². The van der Waals surface area contributed by atoms with Gasteiger partial charge in [0.25, 0.3) is 0 Å². The van der Waals surface area contributed by atoms with Crippen LogP contribution >= 0.6 is 0 Å². The quantitative estimate of drug-likeness (QED) is 0.562. The van der Waals surface area contributed by atoms with E-state index in [0.29, 0.717) is 23.3 Å². The Morgan fingerprint density at radius 3 is 2.89 bits per heavy atom. The molecule has 138 valence electrons. The fraction of sp³-hybridized carbons (Fsp3) is 0.200. The van der Waals surface area contributed by atoms with E-state index < -0.39 is 17.7 Å². The van der Waals surface area contributed by atoms with Crippen molar-refractivity contribution in [2.75, 3.05) is 18.6 Å². The van der Waals surface area contributed by atoms with Crippen LogP contribution in [0, 0.1) is 0 Å². The first-order valence-electron chi connectivity index (χ1n) is 8.39. The molecule has 0 spiro atoms. The number of methoxy groups -OCH3 is 1. The lowest BCUT2D eigenvalue weighted by Gasteiger charge is -2.35. The monoisotopic (exact) mass is 367 g/mol. The lowest BCUT2D eigenvalue weighted by atomic mass is 10.1. The highest BCUT2D eigenvalue weighted by atomic mass is 16.6. The van der Waals surface area contributed by atoms with E-state index in [1.165, 1.54) is 25.3 Å². The summed E-state index contributed by atoms with van der Waals surface area (Å²) in [6, 6.07) is 13.4. The molecule has 0 saturated heterocycles. The summed E-state index contributed by atoms with van der Waals surface area (Å²) in [6.07, 6.45) is -0.764. The van der Waals surface area contributed by atoms with Crippen LogP contribution in [0.4, 0.5) is 5.69 Å². The summed E-state index contributed by atoms with van der Waals surface area (Å²) in [7, 11) is 1.32. The second-order valence-electron chi connectivity index (χ2n) is 6.25. The van der Waals surface area contributed by atoms with E-state index in [1.807, 2.05) is 23.1 Å². The number of ether oxygens (including phenoxy) is 2. The Bertz CT molecular complexity index is 1070. The van der Waals surface area contributed by atoms with Gasteiger partial charge in [-0.3, -0.25) is 0 Å². The normalized spacial score (nSPS) is 15.9. The molecule has 3 aromatic rings. The summed E-state index contributed by atoms with van der Waals surface area (Å²) in [4.78, 5) is 25.9. The Hall–Kier alpha value is -3.48. The molecular weight excluding hydrogens is 350 g/mol. The Balaban J connectivity index is 1.76. The van der Waals surface area contributed by atoms with Crippen LogP contribution in [0.5, 0.6) is 11.5 Å². The Morgan fingerprint density at radius 1 is 1.26 bits per heavy atom. The molecule has 2 aromatic carbocycles. The van der Waals surface area contributed by atoms with Crippen molar-refractivity contribution in [3.8, 4) is 11.5 Å². The molecule has 2 heterocycles. The van der Waals surface area contributed by atoms with Gasteiger partial charge in [-0.15, -0.1) is 0 Å². The molecule has 1 atom stereocenters. The Labute approximate surface area is 154 Å². The van der Waals surface area contributed by atoms with Crippen LogP contribution in [0.25, 0.3) is 11.0 Å². The van der Waals surface area contributed by atoms with Crippen LogP contribution in [0.3, 0.4) is 0 Å². The summed E-state index contributed by atoms with van der Waals surface area (Å²) in [5, 5.41) is 10.4. The number of carbonyl (C=O) groups is 1. The first-order valence-corrected chi connectivity index (χ1v) is 8.39. The number of phenols is 1. The fourth-order valence-corrected chi connectivity index (χ4v) is 3.27. The van der Waals surface area contributed by atoms with Crippen molar-refractivity contribution in [2.45, 2.75) is 12.6 Å². The van der Waals surface area contributed by atoms with Crippen molar-refractivity contribution in [1.29, 1.82) is 0 Å². The second kappa shape index (κ2) is 6.68. The molecule has 0 amide bonds. The second-order valence-corrected chi connectivity index (χ2v) is 6.25. The molecule has 0 aliphatic carbocycles. The van der Waals surface area contributed by atoms with E-state index >= 15 is 0 Å². The van der Waals surface area contributed by atoms with Gasteiger partial charge in [-0.2, -0.15) is 0 Å². The van der Waals surface area contributed by atoms with Crippen LogP contribution in [0.2, 0.25) is 0 Å². The standard InChI is InChI=1S/C20H17NO6/c1-25-20(24)18-11-21(15-4-2-3-5-16(15)26-18)10-12-8-19(23)27-17-9-13(22)6-7-14(12)17/h2-9,18,22H,10-11H2,1H3/t18-/m1/s1. The maximum Gasteiger partial charge on any atom is 0.348 e. The number of hydrogen-bond donors (Lipinski definition) is 1. The summed E-state index contributed by atoms with van der Waals surface area (Å²) in [5.74, 6) is 0.131. The fourth-order valence-electron chi connectivity index (χ4n) is 3.27. The number of fused-ring (bicyclic) bond motifs is 2. The molecule has 1 aromatic heterocycles. The maximum atomic E-state index is 12.0. The van der Waals surface area contributed by atoms with Crippen molar-refractivity contribution >= 4 is 22.6 Å². The molecule has 0 bridgehead atoms. The number of nitrogens with zero attached hydrogens (tertiary/aromatic N) is 1. The maximum absolute atomic E-state index is 12.0. The van der Waals surface area contributed by atoms with Gasteiger partial charge in [-0.1, -0.05) is 12.1 Å². The minimum atomic E-state index is -0.764. The van der Waals surface area contributed by atoms with Crippen LogP contribution in [0.1, 0.15) is 5.56 Å². The third-order valence-corrected chi connectivity index (χ3v) is 4.50. The molecule has 0 fully saturated rings. The first kappa shape index (κ1) is 17.0. The molecule has 0 radical (unpaired) electrons. The minimum absolute atomic E-state index is 0.0188. The smallest absolute Gasteiger partial charge is 0.348 e. The van der Waals surface area contributed by atoms with Crippen LogP contribution in [-0.4, -0.2) is 30.8 Å². The minimum Gasteiger partial charge on any atom is -0.508 e. The van der Waals surface area contributed by atoms with Crippen molar-refractivity contribution in [3.63, 3.8) is 0 Å². The molecular formula is C20H17NO6. The molecule has 0 unspecified atom stereocenters. The van der Waals surface area contributed by atoms with Crippen molar-refractivity contribution < 1.29 is 23.8 Å². The largest absolute Gasteiger partial charge is 0.508 e. The van der Waals surface area contributed by atoms with Crippen molar-refractivity contribution in [2.24, 2.45) is 0 Å². The first-order chi connectivity index (χ1) is 13.0.